The van der Waals surface area contributed by atoms with Crippen LogP contribution in [0, 0.1) is 0 Å². The van der Waals surface area contributed by atoms with Gasteiger partial charge in [-0.2, -0.15) is 0 Å². The lowest BCUT2D eigenvalue weighted by Crippen LogP contribution is -2.30. The molecule has 0 radical (unpaired) electrons. The van der Waals surface area contributed by atoms with Crippen LogP contribution >= 0.6 is 22.7 Å². The first-order valence-electron chi connectivity index (χ1n) is 9.95. The Balaban J connectivity index is 1.66. The number of amides is 1. The molecule has 166 valence electrons. The third kappa shape index (κ3) is 3.55. The summed E-state index contributed by atoms with van der Waals surface area (Å²) in [5.41, 5.74) is 1.38. The number of methoxy groups -OCH3 is 2. The number of fused-ring (bicyclic) bond motifs is 1. The van der Waals surface area contributed by atoms with Crippen LogP contribution < -0.4 is 14.4 Å². The van der Waals surface area contributed by atoms with Crippen molar-refractivity contribution < 1.29 is 24.2 Å². The molecule has 0 saturated heterocycles. The molecule has 1 atom stereocenters. The monoisotopic (exact) mass is 478 g/mol. The Morgan fingerprint density at radius 2 is 1.79 bits per heavy atom. The van der Waals surface area contributed by atoms with E-state index in [-0.39, 0.29) is 11.4 Å². The molecule has 1 unspecified atom stereocenters. The average Bonchev–Trinajstić information content (AvgIpc) is 3.57. The lowest BCUT2D eigenvalue weighted by molar-refractivity contribution is -0.117. The second kappa shape index (κ2) is 8.34. The molecule has 0 saturated carbocycles. The molecule has 2 aromatic carbocycles. The van der Waals surface area contributed by atoms with E-state index < -0.39 is 17.7 Å². The zero-order valence-corrected chi connectivity index (χ0v) is 19.3. The van der Waals surface area contributed by atoms with Crippen molar-refractivity contribution in [3.8, 4) is 11.5 Å². The molecule has 9 heteroatoms. The first-order valence-corrected chi connectivity index (χ1v) is 11.6. The van der Waals surface area contributed by atoms with Gasteiger partial charge in [0.1, 0.15) is 11.5 Å². The van der Waals surface area contributed by atoms with Gasteiger partial charge >= 0.3 is 0 Å². The Morgan fingerprint density at radius 3 is 2.45 bits per heavy atom. The fraction of sp³-hybridized carbons (Fsp3) is 0.125. The summed E-state index contributed by atoms with van der Waals surface area (Å²) < 4.78 is 11.4. The highest BCUT2D eigenvalue weighted by molar-refractivity contribution is 7.22. The van der Waals surface area contributed by atoms with E-state index >= 15 is 0 Å². The summed E-state index contributed by atoms with van der Waals surface area (Å²) in [6, 6.07) is 15.1. The van der Waals surface area contributed by atoms with Gasteiger partial charge in [0.15, 0.2) is 10.9 Å². The van der Waals surface area contributed by atoms with Gasteiger partial charge in [0.2, 0.25) is 5.78 Å². The van der Waals surface area contributed by atoms with E-state index in [1.54, 1.807) is 62.1 Å². The lowest BCUT2D eigenvalue weighted by Gasteiger charge is -2.24. The minimum absolute atomic E-state index is 0.0319. The molecule has 1 aliphatic rings. The molecule has 0 spiro atoms. The molecule has 7 nitrogen and oxygen atoms in total. The van der Waals surface area contributed by atoms with E-state index in [2.05, 4.69) is 4.98 Å². The fourth-order valence-electron chi connectivity index (χ4n) is 3.80. The third-order valence-corrected chi connectivity index (χ3v) is 7.31. The van der Waals surface area contributed by atoms with Crippen LogP contribution in [-0.4, -0.2) is 36.0 Å². The molecule has 4 aromatic rings. The molecule has 5 rings (SSSR count). The Morgan fingerprint density at radius 1 is 1.06 bits per heavy atom. The van der Waals surface area contributed by atoms with E-state index in [9.17, 15) is 14.7 Å². The van der Waals surface area contributed by atoms with Crippen molar-refractivity contribution >= 4 is 49.7 Å². The van der Waals surface area contributed by atoms with Crippen LogP contribution in [0.5, 0.6) is 11.5 Å². The molecule has 1 N–H and O–H groups in total. The van der Waals surface area contributed by atoms with Crippen LogP contribution in [0.15, 0.2) is 71.3 Å². The second-order valence-electron chi connectivity index (χ2n) is 7.25. The Bertz CT molecular complexity index is 1390. The van der Waals surface area contributed by atoms with E-state index in [0.29, 0.717) is 32.6 Å². The number of Topliss-reactive ketones (excluding diaryl/α,β-unsaturated/α-hetero) is 1. The second-order valence-corrected chi connectivity index (χ2v) is 9.21. The largest absolute Gasteiger partial charge is 0.503 e. The number of aromatic nitrogens is 1. The van der Waals surface area contributed by atoms with E-state index in [0.717, 1.165) is 4.70 Å². The summed E-state index contributed by atoms with van der Waals surface area (Å²) in [6.07, 6.45) is 0. The first-order chi connectivity index (χ1) is 16.0. The number of thiophene rings is 1. The standard InChI is InChI=1S/C24H18N2O5S2/c1-30-14-7-5-13(6-8-14)20-19(21(27)17-4-3-11-32-17)22(28)23(29)26(20)24-25-16-10-9-15(31-2)12-18(16)33-24/h3-12,20,28H,1-2H3. The number of aliphatic hydroxyl groups is 1. The third-order valence-electron chi connectivity index (χ3n) is 5.42. The quantitative estimate of drug-likeness (QED) is 0.385. The zero-order valence-electron chi connectivity index (χ0n) is 17.6. The number of hydrogen-bond donors (Lipinski definition) is 1. The van der Waals surface area contributed by atoms with Gasteiger partial charge < -0.3 is 14.6 Å². The number of carbonyl (C=O) groups excluding carboxylic acids is 2. The highest BCUT2D eigenvalue weighted by Gasteiger charge is 2.46. The molecule has 33 heavy (non-hydrogen) atoms. The van der Waals surface area contributed by atoms with E-state index in [1.165, 1.54) is 27.6 Å². The number of anilines is 1. The van der Waals surface area contributed by atoms with Crippen molar-refractivity contribution in [1.82, 2.24) is 4.98 Å². The Labute approximate surface area is 197 Å². The van der Waals surface area contributed by atoms with E-state index in [4.69, 9.17) is 9.47 Å². The summed E-state index contributed by atoms with van der Waals surface area (Å²) in [7, 11) is 3.14. The molecule has 1 amide bonds. The predicted molar refractivity (Wildman–Crippen MR) is 128 cm³/mol. The van der Waals surface area contributed by atoms with Crippen LogP contribution in [-0.2, 0) is 4.79 Å². The minimum atomic E-state index is -0.833. The number of aliphatic hydroxyl groups excluding tert-OH is 1. The van der Waals surface area contributed by atoms with Crippen LogP contribution in [0.2, 0.25) is 0 Å². The van der Waals surface area contributed by atoms with Gasteiger partial charge in [-0.3, -0.25) is 14.5 Å². The molecule has 3 heterocycles. The summed E-state index contributed by atoms with van der Waals surface area (Å²) in [4.78, 5) is 33.1. The van der Waals surface area contributed by atoms with Crippen molar-refractivity contribution in [1.29, 1.82) is 0 Å². The summed E-state index contributed by atoms with van der Waals surface area (Å²) in [5, 5.41) is 13.0. The number of benzene rings is 2. The Kier molecular flexibility index (Phi) is 5.35. The van der Waals surface area contributed by atoms with Crippen molar-refractivity contribution in [2.45, 2.75) is 6.04 Å². The lowest BCUT2D eigenvalue weighted by atomic mass is 9.95. The van der Waals surface area contributed by atoms with E-state index in [1.807, 2.05) is 12.1 Å². The normalized spacial score (nSPS) is 16.0. The van der Waals surface area contributed by atoms with Crippen molar-refractivity contribution in [3.05, 3.63) is 81.8 Å². The molecule has 0 bridgehead atoms. The minimum Gasteiger partial charge on any atom is -0.503 e. The van der Waals surface area contributed by atoms with Gasteiger partial charge in [0.05, 0.1) is 40.9 Å². The number of carbonyl (C=O) groups is 2. The summed E-state index contributed by atoms with van der Waals surface area (Å²) in [6.45, 7) is 0. The topological polar surface area (TPSA) is 89.0 Å². The van der Waals surface area contributed by atoms with Crippen molar-refractivity contribution in [2.75, 3.05) is 19.1 Å². The molecule has 1 aliphatic heterocycles. The smallest absolute Gasteiger partial charge is 0.296 e. The van der Waals surface area contributed by atoms with Gasteiger partial charge in [-0.05, 0) is 47.3 Å². The number of ether oxygens (including phenoxy) is 2. The predicted octanol–water partition coefficient (Wildman–Crippen LogP) is 5.16. The maximum atomic E-state index is 13.4. The van der Waals surface area contributed by atoms with Gasteiger partial charge in [-0.15, -0.1) is 11.3 Å². The fourth-order valence-corrected chi connectivity index (χ4v) is 5.50. The van der Waals surface area contributed by atoms with Crippen LogP contribution in [0.25, 0.3) is 10.2 Å². The maximum Gasteiger partial charge on any atom is 0.296 e. The first kappa shape index (κ1) is 21.2. The van der Waals surface area contributed by atoms with Gasteiger partial charge in [-0.25, -0.2) is 4.98 Å². The van der Waals surface area contributed by atoms with Crippen LogP contribution in [0.3, 0.4) is 0 Å². The van der Waals surface area contributed by atoms with Crippen molar-refractivity contribution in [2.24, 2.45) is 0 Å². The summed E-state index contributed by atoms with van der Waals surface area (Å²) in [5.74, 6) is -0.303. The van der Waals surface area contributed by atoms with Gasteiger partial charge in [0, 0.05) is 0 Å². The molecule has 0 aliphatic carbocycles. The van der Waals surface area contributed by atoms with Gasteiger partial charge in [-0.1, -0.05) is 29.5 Å². The number of nitrogens with zero attached hydrogens (tertiary/aromatic N) is 2. The van der Waals surface area contributed by atoms with Crippen molar-refractivity contribution in [3.63, 3.8) is 0 Å². The number of thiazole rings is 1. The van der Waals surface area contributed by atoms with Crippen LogP contribution in [0.4, 0.5) is 5.13 Å². The molecular weight excluding hydrogens is 460 g/mol. The Hall–Kier alpha value is -3.69. The highest BCUT2D eigenvalue weighted by atomic mass is 32.1. The number of rotatable bonds is 6. The molecule has 0 fully saturated rings. The number of ketones is 1. The average molecular weight is 479 g/mol. The summed E-state index contributed by atoms with van der Waals surface area (Å²) >= 11 is 2.55. The SMILES string of the molecule is COc1ccc(C2C(C(=O)c3cccs3)=C(O)C(=O)N2c2nc3ccc(OC)cc3s2)cc1. The van der Waals surface area contributed by atoms with Gasteiger partial charge in [0.25, 0.3) is 5.91 Å². The maximum absolute atomic E-state index is 13.4. The zero-order chi connectivity index (χ0) is 23.1. The van der Waals surface area contributed by atoms with Crippen LogP contribution in [0.1, 0.15) is 21.3 Å². The number of hydrogen-bond acceptors (Lipinski definition) is 8. The highest BCUT2D eigenvalue weighted by Crippen LogP contribution is 2.45. The molecule has 2 aromatic heterocycles. The molecular formula is C24H18N2O5S2.